The van der Waals surface area contributed by atoms with E-state index >= 15 is 0 Å². The van der Waals surface area contributed by atoms with E-state index in [4.69, 9.17) is 4.74 Å². The highest BCUT2D eigenvalue weighted by atomic mass is 19.1. The number of aromatic hydroxyl groups is 1. The Bertz CT molecular complexity index is 1190. The number of benzene rings is 1. The number of halogens is 1. The molecule has 0 radical (unpaired) electrons. The van der Waals surface area contributed by atoms with Crippen molar-refractivity contribution in [1.82, 2.24) is 30.5 Å². The maximum Gasteiger partial charge on any atom is 0.316 e. The molecule has 0 spiro atoms. The lowest BCUT2D eigenvalue weighted by Crippen LogP contribution is -2.49. The van der Waals surface area contributed by atoms with Crippen molar-refractivity contribution in [1.29, 1.82) is 0 Å². The predicted molar refractivity (Wildman–Crippen MR) is 123 cm³/mol. The van der Waals surface area contributed by atoms with Crippen LogP contribution in [0.15, 0.2) is 30.6 Å². The molecule has 3 aliphatic rings. The number of rotatable bonds is 6. The summed E-state index contributed by atoms with van der Waals surface area (Å²) in [7, 11) is 1.41. The Morgan fingerprint density at radius 3 is 2.47 bits per heavy atom. The van der Waals surface area contributed by atoms with Gasteiger partial charge in [0.1, 0.15) is 11.4 Å². The van der Waals surface area contributed by atoms with Crippen molar-refractivity contribution in [2.45, 2.75) is 62.7 Å². The molecular formula is C24H26FN7O2. The molecule has 1 aliphatic carbocycles. The second kappa shape index (κ2) is 8.43. The lowest BCUT2D eigenvalue weighted by molar-refractivity contribution is 0.343. The number of hydrogen-bond donors (Lipinski definition) is 2. The molecule has 0 unspecified atom stereocenters. The summed E-state index contributed by atoms with van der Waals surface area (Å²) in [6.07, 6.45) is 9.91. The van der Waals surface area contributed by atoms with Crippen LogP contribution in [0.3, 0.4) is 0 Å². The van der Waals surface area contributed by atoms with Gasteiger partial charge in [-0.15, -0.1) is 10.2 Å². The number of nitrogens with zero attached hydrogens (tertiary/aromatic N) is 6. The van der Waals surface area contributed by atoms with Crippen LogP contribution in [-0.4, -0.2) is 61.5 Å². The maximum absolute atomic E-state index is 14.2. The Morgan fingerprint density at radius 2 is 1.82 bits per heavy atom. The van der Waals surface area contributed by atoms with E-state index in [1.807, 2.05) is 0 Å². The van der Waals surface area contributed by atoms with E-state index in [9.17, 15) is 9.50 Å². The summed E-state index contributed by atoms with van der Waals surface area (Å²) >= 11 is 0. The van der Waals surface area contributed by atoms with Crippen molar-refractivity contribution < 1.29 is 14.2 Å². The van der Waals surface area contributed by atoms with Gasteiger partial charge >= 0.3 is 6.01 Å². The minimum absolute atomic E-state index is 0.0408. The molecule has 0 amide bonds. The summed E-state index contributed by atoms with van der Waals surface area (Å²) in [4.78, 5) is 14.7. The summed E-state index contributed by atoms with van der Waals surface area (Å²) in [6.45, 7) is 0. The molecule has 3 fully saturated rings. The van der Waals surface area contributed by atoms with Crippen molar-refractivity contribution in [2.75, 3.05) is 12.0 Å². The first-order valence-electron chi connectivity index (χ1n) is 11.7. The Kier molecular flexibility index (Phi) is 5.24. The second-order valence-corrected chi connectivity index (χ2v) is 9.33. The molecule has 3 atom stereocenters. The molecule has 2 bridgehead atoms. The summed E-state index contributed by atoms with van der Waals surface area (Å²) in [6, 6.07) is 6.93. The van der Waals surface area contributed by atoms with Crippen LogP contribution in [0.5, 0.6) is 11.8 Å². The van der Waals surface area contributed by atoms with Crippen molar-refractivity contribution in [3.05, 3.63) is 36.4 Å². The zero-order valence-corrected chi connectivity index (χ0v) is 18.9. The Morgan fingerprint density at radius 1 is 1.03 bits per heavy atom. The number of phenolic OH excluding ortho intramolecular Hbond substituents is 1. The average molecular weight is 464 g/mol. The van der Waals surface area contributed by atoms with E-state index in [1.54, 1.807) is 18.3 Å². The van der Waals surface area contributed by atoms with E-state index in [0.29, 0.717) is 41.1 Å². The molecule has 2 aromatic heterocycles. The fraction of sp³-hybridized carbons (Fsp3) is 0.458. The Hall–Kier alpha value is -3.40. The highest BCUT2D eigenvalue weighted by molar-refractivity contribution is 5.71. The molecule has 4 heterocycles. The van der Waals surface area contributed by atoms with Crippen molar-refractivity contribution in [3.63, 3.8) is 0 Å². The van der Waals surface area contributed by atoms with E-state index in [2.05, 4.69) is 35.4 Å². The van der Waals surface area contributed by atoms with Crippen molar-refractivity contribution >= 4 is 5.82 Å². The molecule has 9 nitrogen and oxygen atoms in total. The zero-order valence-electron chi connectivity index (χ0n) is 18.9. The Balaban J connectivity index is 1.25. The largest absolute Gasteiger partial charge is 0.507 e. The highest BCUT2D eigenvalue weighted by Crippen LogP contribution is 2.39. The number of methoxy groups -OCH3 is 1. The van der Waals surface area contributed by atoms with Gasteiger partial charge in [0.25, 0.3) is 0 Å². The molecule has 3 aromatic rings. The fourth-order valence-electron chi connectivity index (χ4n) is 5.31. The SMILES string of the molecule is COc1ncc(F)c(-c2ccc(-c3ncc(N(C4CC4)[C@@H]4C[C@H]5CC[C@@H](C4)N5)nn3)c(O)c2)n1. The first kappa shape index (κ1) is 21.2. The zero-order chi connectivity index (χ0) is 23.2. The lowest BCUT2D eigenvalue weighted by Gasteiger charge is -2.38. The molecule has 176 valence electrons. The van der Waals surface area contributed by atoms with Gasteiger partial charge in [0.15, 0.2) is 17.5 Å². The van der Waals surface area contributed by atoms with Crippen LogP contribution in [0.2, 0.25) is 0 Å². The smallest absolute Gasteiger partial charge is 0.316 e. The number of phenols is 1. The topological polar surface area (TPSA) is 109 Å². The van der Waals surface area contributed by atoms with Gasteiger partial charge < -0.3 is 20.1 Å². The molecular weight excluding hydrogens is 437 g/mol. The quantitative estimate of drug-likeness (QED) is 0.570. The fourth-order valence-corrected chi connectivity index (χ4v) is 5.31. The molecule has 1 aromatic carbocycles. The number of piperidine rings is 1. The number of ether oxygens (including phenoxy) is 1. The maximum atomic E-state index is 14.2. The van der Waals surface area contributed by atoms with Gasteiger partial charge in [-0.2, -0.15) is 4.98 Å². The van der Waals surface area contributed by atoms with Crippen LogP contribution < -0.4 is 15.0 Å². The minimum Gasteiger partial charge on any atom is -0.507 e. The molecule has 2 aliphatic heterocycles. The van der Waals surface area contributed by atoms with Gasteiger partial charge in [0, 0.05) is 29.7 Å². The van der Waals surface area contributed by atoms with Gasteiger partial charge in [0.2, 0.25) is 0 Å². The number of aromatic nitrogens is 5. The van der Waals surface area contributed by atoms with Crippen molar-refractivity contribution in [3.8, 4) is 34.4 Å². The number of anilines is 1. The summed E-state index contributed by atoms with van der Waals surface area (Å²) in [5, 5.41) is 23.2. The lowest BCUT2D eigenvalue weighted by atomic mass is 9.98. The summed E-state index contributed by atoms with van der Waals surface area (Å²) in [5.41, 5.74) is 0.852. The van der Waals surface area contributed by atoms with Crippen LogP contribution in [0, 0.1) is 5.82 Å². The molecule has 6 rings (SSSR count). The van der Waals surface area contributed by atoms with E-state index in [-0.39, 0.29) is 17.5 Å². The summed E-state index contributed by atoms with van der Waals surface area (Å²) in [5.74, 6) is 0.415. The second-order valence-electron chi connectivity index (χ2n) is 9.33. The van der Waals surface area contributed by atoms with E-state index in [1.165, 1.54) is 38.9 Å². The van der Waals surface area contributed by atoms with Crippen LogP contribution in [-0.2, 0) is 0 Å². The third-order valence-electron chi connectivity index (χ3n) is 7.01. The number of fused-ring (bicyclic) bond motifs is 2. The average Bonchev–Trinajstić information content (AvgIpc) is 3.63. The standard InChI is InChI=1S/C24H26FN7O2/c1-34-24-27-11-19(25)22(29-24)13-2-7-18(20(33)8-13)23-26-12-21(30-31-23)32(16-5-6-16)17-9-14-3-4-15(10-17)28-14/h2,7-8,11-12,14-17,28,33H,3-6,9-10H2,1H3/t14-,15+,17-. The number of hydrogen-bond acceptors (Lipinski definition) is 9. The van der Waals surface area contributed by atoms with Crippen molar-refractivity contribution in [2.24, 2.45) is 0 Å². The molecule has 10 heteroatoms. The third kappa shape index (κ3) is 3.91. The minimum atomic E-state index is -0.610. The molecule has 34 heavy (non-hydrogen) atoms. The molecule has 2 N–H and O–H groups in total. The molecule has 1 saturated carbocycles. The first-order valence-corrected chi connectivity index (χ1v) is 11.7. The van der Waals surface area contributed by atoms with Gasteiger partial charge in [-0.05, 0) is 50.7 Å². The van der Waals surface area contributed by atoms with Gasteiger partial charge in [0.05, 0.1) is 25.1 Å². The number of nitrogens with one attached hydrogen (secondary N) is 1. The van der Waals surface area contributed by atoms with Gasteiger partial charge in [-0.1, -0.05) is 6.07 Å². The highest BCUT2D eigenvalue weighted by Gasteiger charge is 2.41. The van der Waals surface area contributed by atoms with E-state index in [0.717, 1.165) is 24.9 Å². The van der Waals surface area contributed by atoms with Gasteiger partial charge in [-0.3, -0.25) is 0 Å². The predicted octanol–water partition coefficient (Wildman–Crippen LogP) is 3.10. The Labute approximate surface area is 196 Å². The van der Waals surface area contributed by atoms with Crippen LogP contribution in [0.25, 0.3) is 22.6 Å². The molecule has 2 saturated heterocycles. The van der Waals surface area contributed by atoms with E-state index < -0.39 is 5.82 Å². The summed E-state index contributed by atoms with van der Waals surface area (Å²) < 4.78 is 19.2. The van der Waals surface area contributed by atoms with Crippen LogP contribution >= 0.6 is 0 Å². The first-order chi connectivity index (χ1) is 16.6. The van der Waals surface area contributed by atoms with Crippen LogP contribution in [0.4, 0.5) is 10.2 Å². The normalized spacial score (nSPS) is 23.6. The third-order valence-corrected chi connectivity index (χ3v) is 7.01. The van der Waals surface area contributed by atoms with Gasteiger partial charge in [-0.25, -0.2) is 14.4 Å². The van der Waals surface area contributed by atoms with Crippen LogP contribution in [0.1, 0.15) is 38.5 Å². The monoisotopic (exact) mass is 463 g/mol.